The summed E-state index contributed by atoms with van der Waals surface area (Å²) in [7, 11) is 0. The zero-order valence-electron chi connectivity index (χ0n) is 10.7. The Morgan fingerprint density at radius 3 is 3.05 bits per heavy atom. The summed E-state index contributed by atoms with van der Waals surface area (Å²) in [6, 6.07) is 6.93. The van der Waals surface area contributed by atoms with Gasteiger partial charge >= 0.3 is 0 Å². The smallest absolute Gasteiger partial charge is 0.269 e. The number of non-ortho nitro benzene ring substituents is 1. The number of rotatable bonds is 6. The molecule has 1 atom stereocenters. The van der Waals surface area contributed by atoms with Crippen LogP contribution >= 0.6 is 0 Å². The summed E-state index contributed by atoms with van der Waals surface area (Å²) in [6.07, 6.45) is 5.42. The summed E-state index contributed by atoms with van der Waals surface area (Å²) in [6.45, 7) is 3.49. The van der Waals surface area contributed by atoms with Crippen LogP contribution in [0, 0.1) is 10.1 Å². The van der Waals surface area contributed by atoms with Crippen molar-refractivity contribution in [1.29, 1.82) is 0 Å². The topological polar surface area (TPSA) is 73.0 Å². The SMILES string of the molecule is CC(Cn1ccnc1)NCc1cccc([N+](=O)[O-])c1. The first-order valence-electron chi connectivity index (χ1n) is 6.07. The van der Waals surface area contributed by atoms with E-state index in [2.05, 4.69) is 17.2 Å². The molecule has 2 aromatic rings. The van der Waals surface area contributed by atoms with Crippen LogP contribution in [-0.4, -0.2) is 20.5 Å². The highest BCUT2D eigenvalue weighted by Gasteiger charge is 2.07. The molecule has 1 aromatic heterocycles. The molecule has 19 heavy (non-hydrogen) atoms. The minimum Gasteiger partial charge on any atom is -0.336 e. The first kappa shape index (κ1) is 13.2. The Hall–Kier alpha value is -2.21. The molecule has 1 heterocycles. The maximum Gasteiger partial charge on any atom is 0.269 e. The molecule has 1 unspecified atom stereocenters. The molecule has 0 amide bonds. The zero-order valence-corrected chi connectivity index (χ0v) is 10.7. The zero-order chi connectivity index (χ0) is 13.7. The van der Waals surface area contributed by atoms with Gasteiger partial charge in [0.25, 0.3) is 5.69 Å². The fourth-order valence-corrected chi connectivity index (χ4v) is 1.85. The first-order chi connectivity index (χ1) is 9.15. The van der Waals surface area contributed by atoms with Crippen molar-refractivity contribution in [3.8, 4) is 0 Å². The summed E-state index contributed by atoms with van der Waals surface area (Å²) in [5.41, 5.74) is 1.04. The Balaban J connectivity index is 1.88. The van der Waals surface area contributed by atoms with E-state index in [4.69, 9.17) is 0 Å². The van der Waals surface area contributed by atoms with Crippen LogP contribution in [0.25, 0.3) is 0 Å². The molecule has 0 fully saturated rings. The van der Waals surface area contributed by atoms with Crippen LogP contribution in [0.5, 0.6) is 0 Å². The molecule has 0 aliphatic heterocycles. The van der Waals surface area contributed by atoms with E-state index in [0.29, 0.717) is 6.54 Å². The Labute approximate surface area is 111 Å². The Kier molecular flexibility index (Phi) is 4.25. The van der Waals surface area contributed by atoms with Gasteiger partial charge in [-0.1, -0.05) is 12.1 Å². The quantitative estimate of drug-likeness (QED) is 0.636. The van der Waals surface area contributed by atoms with E-state index >= 15 is 0 Å². The lowest BCUT2D eigenvalue weighted by molar-refractivity contribution is -0.384. The lowest BCUT2D eigenvalue weighted by Gasteiger charge is -2.14. The van der Waals surface area contributed by atoms with Crippen LogP contribution in [0.1, 0.15) is 12.5 Å². The van der Waals surface area contributed by atoms with Gasteiger partial charge in [0.2, 0.25) is 0 Å². The predicted molar refractivity (Wildman–Crippen MR) is 71.6 cm³/mol. The van der Waals surface area contributed by atoms with Gasteiger partial charge in [0.1, 0.15) is 0 Å². The molecule has 6 heteroatoms. The molecule has 0 aliphatic rings. The highest BCUT2D eigenvalue weighted by atomic mass is 16.6. The molecule has 0 saturated heterocycles. The van der Waals surface area contributed by atoms with E-state index in [1.165, 1.54) is 6.07 Å². The number of nitro benzene ring substituents is 1. The molecule has 0 bridgehead atoms. The van der Waals surface area contributed by atoms with E-state index < -0.39 is 0 Å². The number of hydrogen-bond donors (Lipinski definition) is 1. The number of aromatic nitrogens is 2. The maximum atomic E-state index is 10.7. The summed E-state index contributed by atoms with van der Waals surface area (Å²) < 4.78 is 1.99. The first-order valence-corrected chi connectivity index (χ1v) is 6.07. The average molecular weight is 260 g/mol. The number of benzene rings is 1. The molecule has 0 aliphatic carbocycles. The van der Waals surface area contributed by atoms with E-state index in [1.807, 2.05) is 16.8 Å². The van der Waals surface area contributed by atoms with Gasteiger partial charge in [0.05, 0.1) is 11.3 Å². The van der Waals surface area contributed by atoms with Gasteiger partial charge in [-0.15, -0.1) is 0 Å². The third-order valence-corrected chi connectivity index (χ3v) is 2.82. The lowest BCUT2D eigenvalue weighted by atomic mass is 10.2. The van der Waals surface area contributed by atoms with Crippen LogP contribution < -0.4 is 5.32 Å². The number of nitro groups is 1. The highest BCUT2D eigenvalue weighted by molar-refractivity contribution is 5.34. The second kappa shape index (κ2) is 6.10. The van der Waals surface area contributed by atoms with Gasteiger partial charge in [0, 0.05) is 43.7 Å². The fraction of sp³-hybridized carbons (Fsp3) is 0.308. The normalized spacial score (nSPS) is 12.3. The summed E-state index contributed by atoms with van der Waals surface area (Å²) in [4.78, 5) is 14.3. The van der Waals surface area contributed by atoms with E-state index in [-0.39, 0.29) is 16.7 Å². The third-order valence-electron chi connectivity index (χ3n) is 2.82. The van der Waals surface area contributed by atoms with Gasteiger partial charge in [-0.05, 0) is 12.5 Å². The monoisotopic (exact) mass is 260 g/mol. The summed E-state index contributed by atoms with van der Waals surface area (Å²) in [5, 5.41) is 14.0. The van der Waals surface area contributed by atoms with Crippen molar-refractivity contribution in [3.63, 3.8) is 0 Å². The average Bonchev–Trinajstić information content (AvgIpc) is 2.89. The number of nitrogens with zero attached hydrogens (tertiary/aromatic N) is 3. The molecular formula is C13H16N4O2. The predicted octanol–water partition coefficient (Wildman–Crippen LogP) is 1.97. The molecular weight excluding hydrogens is 244 g/mol. The van der Waals surface area contributed by atoms with E-state index in [1.54, 1.807) is 24.7 Å². The Morgan fingerprint density at radius 2 is 2.37 bits per heavy atom. The second-order valence-corrected chi connectivity index (χ2v) is 4.47. The third kappa shape index (κ3) is 3.89. The van der Waals surface area contributed by atoms with Crippen molar-refractivity contribution >= 4 is 5.69 Å². The molecule has 2 rings (SSSR count). The van der Waals surface area contributed by atoms with Crippen molar-refractivity contribution in [2.24, 2.45) is 0 Å². The maximum absolute atomic E-state index is 10.7. The standard InChI is InChI=1S/C13H16N4O2/c1-11(9-16-6-5-14-10-16)15-8-12-3-2-4-13(7-12)17(18)19/h2-7,10-11,15H,8-9H2,1H3. The minimum atomic E-state index is -0.377. The molecule has 0 radical (unpaired) electrons. The second-order valence-electron chi connectivity index (χ2n) is 4.47. The van der Waals surface area contributed by atoms with E-state index in [9.17, 15) is 10.1 Å². The fourth-order valence-electron chi connectivity index (χ4n) is 1.85. The van der Waals surface area contributed by atoms with Gasteiger partial charge < -0.3 is 9.88 Å². The molecule has 100 valence electrons. The van der Waals surface area contributed by atoms with E-state index in [0.717, 1.165) is 12.1 Å². The number of imidazole rings is 1. The molecule has 1 aromatic carbocycles. The molecule has 0 saturated carbocycles. The van der Waals surface area contributed by atoms with Crippen molar-refractivity contribution in [2.45, 2.75) is 26.1 Å². The van der Waals surface area contributed by atoms with Crippen LogP contribution in [0.4, 0.5) is 5.69 Å². The molecule has 0 spiro atoms. The van der Waals surface area contributed by atoms with Crippen LogP contribution in [0.3, 0.4) is 0 Å². The molecule has 6 nitrogen and oxygen atoms in total. The van der Waals surface area contributed by atoms with Gasteiger partial charge in [0.15, 0.2) is 0 Å². The van der Waals surface area contributed by atoms with Crippen molar-refractivity contribution in [1.82, 2.24) is 14.9 Å². The van der Waals surface area contributed by atoms with Crippen LogP contribution in [-0.2, 0) is 13.1 Å². The lowest BCUT2D eigenvalue weighted by Crippen LogP contribution is -2.29. The van der Waals surface area contributed by atoms with Crippen molar-refractivity contribution in [3.05, 3.63) is 58.7 Å². The summed E-state index contributed by atoms with van der Waals surface area (Å²) in [5.74, 6) is 0. The van der Waals surface area contributed by atoms with Gasteiger partial charge in [-0.2, -0.15) is 0 Å². The summed E-state index contributed by atoms with van der Waals surface area (Å²) >= 11 is 0. The minimum absolute atomic E-state index is 0.126. The Bertz CT molecular complexity index is 539. The highest BCUT2D eigenvalue weighted by Crippen LogP contribution is 2.12. The van der Waals surface area contributed by atoms with Gasteiger partial charge in [-0.3, -0.25) is 10.1 Å². The number of hydrogen-bond acceptors (Lipinski definition) is 4. The number of nitrogens with one attached hydrogen (secondary N) is 1. The molecule has 1 N–H and O–H groups in total. The van der Waals surface area contributed by atoms with Crippen molar-refractivity contribution < 1.29 is 4.92 Å². The van der Waals surface area contributed by atoms with Gasteiger partial charge in [-0.25, -0.2) is 4.98 Å². The largest absolute Gasteiger partial charge is 0.336 e. The van der Waals surface area contributed by atoms with Crippen LogP contribution in [0.2, 0.25) is 0 Å². The van der Waals surface area contributed by atoms with Crippen molar-refractivity contribution in [2.75, 3.05) is 0 Å². The Morgan fingerprint density at radius 1 is 1.53 bits per heavy atom. The van der Waals surface area contributed by atoms with Crippen LogP contribution in [0.15, 0.2) is 43.0 Å².